The van der Waals surface area contributed by atoms with Crippen LogP contribution in [0.1, 0.15) is 17.5 Å². The van der Waals surface area contributed by atoms with Crippen LogP contribution in [-0.2, 0) is 19.5 Å². The van der Waals surface area contributed by atoms with Crippen LogP contribution in [-0.4, -0.2) is 22.8 Å². The molecule has 0 atom stereocenters. The minimum absolute atomic E-state index is 0.0892. The third-order valence-electron chi connectivity index (χ3n) is 3.70. The molecule has 0 amide bonds. The van der Waals surface area contributed by atoms with Crippen LogP contribution in [0.25, 0.3) is 10.9 Å². The number of aromatic nitrogens is 1. The quantitative estimate of drug-likeness (QED) is 0.805. The molecule has 0 aliphatic carbocycles. The van der Waals surface area contributed by atoms with E-state index in [9.17, 15) is 4.79 Å². The molecule has 2 N–H and O–H groups in total. The van der Waals surface area contributed by atoms with Gasteiger partial charge in [-0.25, -0.2) is 0 Å². The van der Waals surface area contributed by atoms with E-state index < -0.39 is 0 Å². The molecular formula is C15H18N2O2. The molecule has 2 heterocycles. The predicted octanol–water partition coefficient (Wildman–Crippen LogP) is 1.03. The summed E-state index contributed by atoms with van der Waals surface area (Å²) in [7, 11) is 0. The van der Waals surface area contributed by atoms with E-state index in [0.717, 1.165) is 35.9 Å². The maximum absolute atomic E-state index is 12.5. The lowest BCUT2D eigenvalue weighted by molar-refractivity contribution is 0.292. The smallest absolute Gasteiger partial charge is 0.255 e. The Bertz CT molecular complexity index is 661. The molecule has 1 aromatic heterocycles. The van der Waals surface area contributed by atoms with Gasteiger partial charge in [0, 0.05) is 25.2 Å². The summed E-state index contributed by atoms with van der Waals surface area (Å²) in [6, 6.07) is 8.22. The third kappa shape index (κ3) is 2.17. The first-order valence-corrected chi connectivity index (χ1v) is 6.77. The van der Waals surface area contributed by atoms with Crippen molar-refractivity contribution in [1.82, 2.24) is 9.88 Å². The van der Waals surface area contributed by atoms with E-state index in [-0.39, 0.29) is 12.2 Å². The summed E-state index contributed by atoms with van der Waals surface area (Å²) in [6.07, 6.45) is 2.08. The molecule has 4 nitrogen and oxygen atoms in total. The second-order valence-electron chi connectivity index (χ2n) is 4.99. The molecule has 1 aliphatic rings. The van der Waals surface area contributed by atoms with Crippen molar-refractivity contribution in [2.24, 2.45) is 0 Å². The number of hydrogen-bond donors (Lipinski definition) is 2. The summed E-state index contributed by atoms with van der Waals surface area (Å²) < 4.78 is 1.91. The Labute approximate surface area is 111 Å². The van der Waals surface area contributed by atoms with Gasteiger partial charge in [0.05, 0.1) is 12.1 Å². The van der Waals surface area contributed by atoms with Gasteiger partial charge in [-0.15, -0.1) is 0 Å². The van der Waals surface area contributed by atoms with E-state index in [2.05, 4.69) is 23.5 Å². The van der Waals surface area contributed by atoms with Crippen LogP contribution in [0.3, 0.4) is 0 Å². The van der Waals surface area contributed by atoms with Gasteiger partial charge < -0.3 is 15.0 Å². The molecule has 2 aromatic rings. The van der Waals surface area contributed by atoms with E-state index in [1.54, 1.807) is 0 Å². The normalized spacial score (nSPS) is 13.9. The number of aliphatic hydroxyl groups excluding tert-OH is 1. The van der Waals surface area contributed by atoms with Gasteiger partial charge in [-0.1, -0.05) is 18.2 Å². The van der Waals surface area contributed by atoms with Crippen molar-refractivity contribution in [2.45, 2.75) is 25.9 Å². The van der Waals surface area contributed by atoms with Crippen molar-refractivity contribution in [2.75, 3.05) is 13.2 Å². The molecule has 0 saturated heterocycles. The van der Waals surface area contributed by atoms with Crippen molar-refractivity contribution >= 4 is 10.9 Å². The fourth-order valence-corrected chi connectivity index (χ4v) is 2.85. The Balaban J connectivity index is 2.11. The lowest BCUT2D eigenvalue weighted by Crippen LogP contribution is -2.30. The number of nitrogens with one attached hydrogen (secondary N) is 1. The number of aliphatic hydroxyl groups is 1. The van der Waals surface area contributed by atoms with E-state index >= 15 is 0 Å². The molecule has 100 valence electrons. The van der Waals surface area contributed by atoms with Crippen molar-refractivity contribution in [3.05, 3.63) is 45.7 Å². The third-order valence-corrected chi connectivity index (χ3v) is 3.70. The lowest BCUT2D eigenvalue weighted by atomic mass is 10.00. The first-order valence-electron chi connectivity index (χ1n) is 6.77. The number of hydrogen-bond acceptors (Lipinski definition) is 3. The number of rotatable bonds is 4. The molecule has 19 heavy (non-hydrogen) atoms. The maximum Gasteiger partial charge on any atom is 0.255 e. The molecule has 4 heteroatoms. The van der Waals surface area contributed by atoms with Crippen molar-refractivity contribution in [1.29, 1.82) is 0 Å². The Kier molecular flexibility index (Phi) is 3.36. The Morgan fingerprint density at radius 2 is 2.26 bits per heavy atom. The SMILES string of the molecule is O=c1c(CNCCO)cc2cccc3c2n1CCC3. The monoisotopic (exact) mass is 258 g/mol. The Morgan fingerprint density at radius 1 is 1.37 bits per heavy atom. The summed E-state index contributed by atoms with van der Waals surface area (Å²) in [5, 5.41) is 13.0. The molecule has 0 spiro atoms. The van der Waals surface area contributed by atoms with Crippen LogP contribution in [0.5, 0.6) is 0 Å². The fraction of sp³-hybridized carbons (Fsp3) is 0.400. The summed E-state index contributed by atoms with van der Waals surface area (Å²) in [5.41, 5.74) is 3.26. The van der Waals surface area contributed by atoms with Gasteiger partial charge in [0.25, 0.3) is 5.56 Å². The highest BCUT2D eigenvalue weighted by molar-refractivity contribution is 5.83. The second kappa shape index (κ2) is 5.15. The van der Waals surface area contributed by atoms with Gasteiger partial charge in [-0.05, 0) is 29.9 Å². The standard InChI is InChI=1S/C15H18N2O2/c18-8-6-16-10-13-9-12-4-1-3-11-5-2-7-17(14(11)12)15(13)19/h1,3-4,9,16,18H,2,5-8,10H2. The van der Waals surface area contributed by atoms with Gasteiger partial charge in [-0.3, -0.25) is 4.79 Å². The molecule has 0 unspecified atom stereocenters. The van der Waals surface area contributed by atoms with Gasteiger partial charge in [0.15, 0.2) is 0 Å². The van der Waals surface area contributed by atoms with E-state index in [4.69, 9.17) is 5.11 Å². The van der Waals surface area contributed by atoms with Crippen LogP contribution < -0.4 is 10.9 Å². The predicted molar refractivity (Wildman–Crippen MR) is 75.3 cm³/mol. The van der Waals surface area contributed by atoms with E-state index in [1.165, 1.54) is 5.56 Å². The number of para-hydroxylation sites is 1. The Morgan fingerprint density at radius 3 is 3.11 bits per heavy atom. The van der Waals surface area contributed by atoms with Gasteiger partial charge in [0.1, 0.15) is 0 Å². The number of pyridine rings is 1. The van der Waals surface area contributed by atoms with E-state index in [1.807, 2.05) is 10.6 Å². The topological polar surface area (TPSA) is 54.3 Å². The highest BCUT2D eigenvalue weighted by Crippen LogP contribution is 2.23. The number of benzene rings is 1. The van der Waals surface area contributed by atoms with Gasteiger partial charge in [0.2, 0.25) is 0 Å². The van der Waals surface area contributed by atoms with E-state index in [0.29, 0.717) is 13.1 Å². The van der Waals surface area contributed by atoms with Crippen molar-refractivity contribution in [3.63, 3.8) is 0 Å². The maximum atomic E-state index is 12.5. The average Bonchev–Trinajstić information content (AvgIpc) is 2.44. The van der Waals surface area contributed by atoms with Crippen molar-refractivity contribution < 1.29 is 5.11 Å². The number of nitrogens with zero attached hydrogens (tertiary/aromatic N) is 1. The van der Waals surface area contributed by atoms with Crippen LogP contribution in [0, 0.1) is 0 Å². The molecule has 0 bridgehead atoms. The summed E-state index contributed by atoms with van der Waals surface area (Å²) in [4.78, 5) is 12.5. The average molecular weight is 258 g/mol. The summed E-state index contributed by atoms with van der Waals surface area (Å²) in [6.45, 7) is 1.92. The van der Waals surface area contributed by atoms with Crippen LogP contribution in [0.15, 0.2) is 29.1 Å². The number of aryl methyl sites for hydroxylation is 2. The van der Waals surface area contributed by atoms with Crippen molar-refractivity contribution in [3.8, 4) is 0 Å². The zero-order valence-electron chi connectivity index (χ0n) is 10.9. The fourth-order valence-electron chi connectivity index (χ4n) is 2.85. The first-order chi connectivity index (χ1) is 9.31. The second-order valence-corrected chi connectivity index (χ2v) is 4.99. The van der Waals surface area contributed by atoms with Crippen LogP contribution in [0.4, 0.5) is 0 Å². The largest absolute Gasteiger partial charge is 0.395 e. The highest BCUT2D eigenvalue weighted by atomic mass is 16.3. The molecule has 1 aromatic carbocycles. The Hall–Kier alpha value is -1.65. The summed E-state index contributed by atoms with van der Waals surface area (Å²) >= 11 is 0. The highest BCUT2D eigenvalue weighted by Gasteiger charge is 2.15. The first kappa shape index (κ1) is 12.4. The minimum atomic E-state index is 0.0892. The van der Waals surface area contributed by atoms with Crippen LogP contribution >= 0.6 is 0 Å². The van der Waals surface area contributed by atoms with Crippen LogP contribution in [0.2, 0.25) is 0 Å². The summed E-state index contributed by atoms with van der Waals surface area (Å²) in [5.74, 6) is 0. The van der Waals surface area contributed by atoms with Gasteiger partial charge >= 0.3 is 0 Å². The molecular weight excluding hydrogens is 240 g/mol. The van der Waals surface area contributed by atoms with Gasteiger partial charge in [-0.2, -0.15) is 0 Å². The molecule has 0 saturated carbocycles. The molecule has 0 radical (unpaired) electrons. The molecule has 1 aliphatic heterocycles. The minimum Gasteiger partial charge on any atom is -0.395 e. The zero-order valence-corrected chi connectivity index (χ0v) is 10.9. The zero-order chi connectivity index (χ0) is 13.2. The lowest BCUT2D eigenvalue weighted by Gasteiger charge is -2.20. The molecule has 0 fully saturated rings. The molecule has 3 rings (SSSR count).